The lowest BCUT2D eigenvalue weighted by Gasteiger charge is -2.24. The summed E-state index contributed by atoms with van der Waals surface area (Å²) in [6.45, 7) is 8.72. The van der Waals surface area contributed by atoms with Crippen LogP contribution in [0.25, 0.3) is 0 Å². The molecule has 4 atom stereocenters. The van der Waals surface area contributed by atoms with Crippen LogP contribution in [0, 0.1) is 23.7 Å². The van der Waals surface area contributed by atoms with Gasteiger partial charge in [0.15, 0.2) is 0 Å². The van der Waals surface area contributed by atoms with Gasteiger partial charge in [0.2, 0.25) is 0 Å². The monoisotopic (exact) mass is 210 g/mol. The summed E-state index contributed by atoms with van der Waals surface area (Å²) in [6, 6.07) is 0. The summed E-state index contributed by atoms with van der Waals surface area (Å²) in [5.41, 5.74) is 0. The van der Waals surface area contributed by atoms with Gasteiger partial charge < -0.3 is 4.79 Å². The van der Waals surface area contributed by atoms with Gasteiger partial charge in [-0.25, -0.2) is 0 Å². The maximum absolute atomic E-state index is 11.1. The van der Waals surface area contributed by atoms with Crippen molar-refractivity contribution in [2.24, 2.45) is 23.7 Å². The molecule has 0 amide bonds. The zero-order valence-corrected chi connectivity index (χ0v) is 10.8. The first-order chi connectivity index (χ1) is 7.10. The highest BCUT2D eigenvalue weighted by molar-refractivity contribution is 5.75. The molecule has 1 heteroatoms. The van der Waals surface area contributed by atoms with E-state index in [4.69, 9.17) is 0 Å². The highest BCUT2D eigenvalue weighted by Crippen LogP contribution is 2.46. The molecule has 3 unspecified atom stereocenters. The molecule has 0 aromatic rings. The lowest BCUT2D eigenvalue weighted by molar-refractivity contribution is -0.117. The molecule has 1 fully saturated rings. The molecule has 0 aliphatic heterocycles. The quantitative estimate of drug-likeness (QED) is 0.668. The maximum Gasteiger partial charge on any atom is 0.129 e. The van der Waals surface area contributed by atoms with Crippen LogP contribution in [0.15, 0.2) is 0 Å². The molecule has 1 aliphatic carbocycles. The van der Waals surface area contributed by atoms with Crippen molar-refractivity contribution in [2.75, 3.05) is 0 Å². The van der Waals surface area contributed by atoms with Crippen molar-refractivity contribution in [2.45, 2.75) is 59.8 Å². The Bertz CT molecular complexity index is 209. The van der Waals surface area contributed by atoms with Crippen molar-refractivity contribution < 1.29 is 4.79 Å². The Morgan fingerprint density at radius 1 is 1.20 bits per heavy atom. The topological polar surface area (TPSA) is 17.1 Å². The summed E-state index contributed by atoms with van der Waals surface area (Å²) >= 11 is 0. The van der Waals surface area contributed by atoms with Crippen molar-refractivity contribution in [1.82, 2.24) is 0 Å². The third kappa shape index (κ3) is 3.06. The molecule has 0 spiro atoms. The van der Waals surface area contributed by atoms with Crippen molar-refractivity contribution in [3.8, 4) is 0 Å². The molecular weight excluding hydrogens is 184 g/mol. The van der Waals surface area contributed by atoms with E-state index < -0.39 is 0 Å². The lowest BCUT2D eigenvalue weighted by atomic mass is 9.81. The number of hydrogen-bond acceptors (Lipinski definition) is 1. The normalized spacial score (nSPS) is 35.7. The number of carbonyl (C=O) groups excluding carboxylic acids is 1. The first-order valence-corrected chi connectivity index (χ1v) is 6.59. The van der Waals surface area contributed by atoms with Gasteiger partial charge in [-0.05, 0) is 43.4 Å². The van der Waals surface area contributed by atoms with Crippen LogP contribution >= 0.6 is 0 Å². The second-order valence-corrected chi connectivity index (χ2v) is 5.36. The van der Waals surface area contributed by atoms with Gasteiger partial charge in [-0.2, -0.15) is 0 Å². The summed E-state index contributed by atoms with van der Waals surface area (Å²) in [4.78, 5) is 11.1. The molecule has 1 saturated carbocycles. The summed E-state index contributed by atoms with van der Waals surface area (Å²) in [7, 11) is 0. The van der Waals surface area contributed by atoms with E-state index in [2.05, 4.69) is 20.8 Å². The molecule has 1 aliphatic rings. The summed E-state index contributed by atoms with van der Waals surface area (Å²) < 4.78 is 0. The fourth-order valence-corrected chi connectivity index (χ4v) is 3.59. The number of Topliss-reactive ketones (excluding diaryl/α,β-unsaturated/α-hetero) is 1. The SMILES string of the molecule is CCC1C[C@H](C)C(CC)C1CCC(C)=O. The van der Waals surface area contributed by atoms with E-state index in [0.29, 0.717) is 5.78 Å². The van der Waals surface area contributed by atoms with Gasteiger partial charge in [0.1, 0.15) is 5.78 Å². The van der Waals surface area contributed by atoms with Crippen LogP contribution in [0.3, 0.4) is 0 Å². The Kier molecular flexibility index (Phi) is 4.82. The molecular formula is C14H26O. The Morgan fingerprint density at radius 3 is 2.33 bits per heavy atom. The Balaban J connectivity index is 2.58. The van der Waals surface area contributed by atoms with Crippen molar-refractivity contribution >= 4 is 5.78 Å². The Labute approximate surface area is 94.6 Å². The fraction of sp³-hybridized carbons (Fsp3) is 0.929. The van der Waals surface area contributed by atoms with Crippen LogP contribution in [0.1, 0.15) is 59.8 Å². The predicted octanol–water partition coefficient (Wildman–Crippen LogP) is 4.06. The molecule has 0 bridgehead atoms. The van der Waals surface area contributed by atoms with Crippen LogP contribution in [-0.4, -0.2) is 5.78 Å². The summed E-state index contributed by atoms with van der Waals surface area (Å²) in [5.74, 6) is 3.80. The van der Waals surface area contributed by atoms with Crippen LogP contribution in [0.5, 0.6) is 0 Å². The average molecular weight is 210 g/mol. The smallest absolute Gasteiger partial charge is 0.129 e. The first kappa shape index (κ1) is 12.7. The zero-order valence-electron chi connectivity index (χ0n) is 10.8. The lowest BCUT2D eigenvalue weighted by Crippen LogP contribution is -2.17. The van der Waals surface area contributed by atoms with Crippen LogP contribution in [0.2, 0.25) is 0 Å². The van der Waals surface area contributed by atoms with E-state index in [-0.39, 0.29) is 0 Å². The molecule has 0 saturated heterocycles. The third-order valence-corrected chi connectivity index (χ3v) is 4.39. The van der Waals surface area contributed by atoms with E-state index in [1.807, 2.05) is 0 Å². The second-order valence-electron chi connectivity index (χ2n) is 5.36. The molecule has 0 N–H and O–H groups in total. The van der Waals surface area contributed by atoms with Crippen molar-refractivity contribution in [1.29, 1.82) is 0 Å². The number of ketones is 1. The minimum absolute atomic E-state index is 0.360. The molecule has 15 heavy (non-hydrogen) atoms. The standard InChI is InChI=1S/C14H26O/c1-5-12-9-10(3)13(6-2)14(12)8-7-11(4)15/h10,12-14H,5-9H2,1-4H3/t10-,12?,13?,14?/m0/s1. The highest BCUT2D eigenvalue weighted by atomic mass is 16.1. The van der Waals surface area contributed by atoms with Crippen LogP contribution in [0.4, 0.5) is 0 Å². The summed E-state index contributed by atoms with van der Waals surface area (Å²) in [6.07, 6.45) is 5.91. The highest BCUT2D eigenvalue weighted by Gasteiger charge is 2.38. The van der Waals surface area contributed by atoms with Crippen molar-refractivity contribution in [3.63, 3.8) is 0 Å². The van der Waals surface area contributed by atoms with E-state index in [1.54, 1.807) is 6.92 Å². The van der Waals surface area contributed by atoms with Crippen LogP contribution < -0.4 is 0 Å². The number of hydrogen-bond donors (Lipinski definition) is 0. The molecule has 0 radical (unpaired) electrons. The van der Waals surface area contributed by atoms with Gasteiger partial charge in [-0.1, -0.05) is 33.6 Å². The predicted molar refractivity (Wildman–Crippen MR) is 64.7 cm³/mol. The molecule has 88 valence electrons. The van der Waals surface area contributed by atoms with Crippen LogP contribution in [-0.2, 0) is 4.79 Å². The van der Waals surface area contributed by atoms with Gasteiger partial charge in [0.05, 0.1) is 0 Å². The zero-order chi connectivity index (χ0) is 11.4. The molecule has 1 nitrogen and oxygen atoms in total. The molecule has 1 rings (SSSR count). The van der Waals surface area contributed by atoms with Gasteiger partial charge in [-0.3, -0.25) is 0 Å². The summed E-state index contributed by atoms with van der Waals surface area (Å²) in [5, 5.41) is 0. The average Bonchev–Trinajstić information content (AvgIpc) is 2.50. The Hall–Kier alpha value is -0.330. The minimum atomic E-state index is 0.360. The molecule has 0 aromatic heterocycles. The minimum Gasteiger partial charge on any atom is -0.300 e. The van der Waals surface area contributed by atoms with Gasteiger partial charge in [-0.15, -0.1) is 0 Å². The van der Waals surface area contributed by atoms with Gasteiger partial charge >= 0.3 is 0 Å². The van der Waals surface area contributed by atoms with Crippen molar-refractivity contribution in [3.05, 3.63) is 0 Å². The maximum atomic E-state index is 11.1. The van der Waals surface area contributed by atoms with E-state index in [9.17, 15) is 4.79 Å². The largest absolute Gasteiger partial charge is 0.300 e. The first-order valence-electron chi connectivity index (χ1n) is 6.59. The van der Waals surface area contributed by atoms with Gasteiger partial charge in [0, 0.05) is 6.42 Å². The molecule has 0 heterocycles. The van der Waals surface area contributed by atoms with E-state index in [0.717, 1.165) is 36.5 Å². The number of rotatable bonds is 5. The van der Waals surface area contributed by atoms with Gasteiger partial charge in [0.25, 0.3) is 0 Å². The van der Waals surface area contributed by atoms with E-state index >= 15 is 0 Å². The fourth-order valence-electron chi connectivity index (χ4n) is 3.59. The third-order valence-electron chi connectivity index (χ3n) is 4.39. The second kappa shape index (κ2) is 5.67. The Morgan fingerprint density at radius 2 is 1.87 bits per heavy atom. The molecule has 0 aromatic carbocycles. The van der Waals surface area contributed by atoms with E-state index in [1.165, 1.54) is 19.3 Å². The number of carbonyl (C=O) groups is 1.